The second-order valence-electron chi connectivity index (χ2n) is 6.95. The van der Waals surface area contributed by atoms with Crippen molar-refractivity contribution in [1.82, 2.24) is 0 Å². The minimum atomic E-state index is -1.07. The van der Waals surface area contributed by atoms with Crippen LogP contribution in [0, 0.1) is 5.41 Å². The molecule has 2 amide bonds. The Morgan fingerprint density at radius 1 is 0.862 bits per heavy atom. The number of nitrogens with one attached hydrogen (secondary N) is 2. The lowest BCUT2D eigenvalue weighted by Gasteiger charge is -2.18. The predicted molar refractivity (Wildman–Crippen MR) is 111 cm³/mol. The van der Waals surface area contributed by atoms with Gasteiger partial charge in [0.1, 0.15) is 5.41 Å². The molecule has 1 aliphatic rings. The van der Waals surface area contributed by atoms with Gasteiger partial charge in [-0.2, -0.15) is 0 Å². The maximum atomic E-state index is 12.9. The van der Waals surface area contributed by atoms with Crippen molar-refractivity contribution in [3.05, 3.63) is 42.0 Å². The number of hydrogen-bond donors (Lipinski definition) is 2. The van der Waals surface area contributed by atoms with Gasteiger partial charge in [0.15, 0.2) is 11.5 Å². The van der Waals surface area contributed by atoms with Crippen molar-refractivity contribution in [2.24, 2.45) is 5.41 Å². The molecule has 1 saturated carbocycles. The molecular weight excluding hydrogens is 372 g/mol. The van der Waals surface area contributed by atoms with Gasteiger partial charge in [-0.1, -0.05) is 19.1 Å². The number of benzene rings is 2. The van der Waals surface area contributed by atoms with Gasteiger partial charge in [0.05, 0.1) is 21.3 Å². The maximum absolute atomic E-state index is 12.9. The Morgan fingerprint density at radius 3 is 1.79 bits per heavy atom. The van der Waals surface area contributed by atoms with Crippen LogP contribution in [-0.4, -0.2) is 33.1 Å². The van der Waals surface area contributed by atoms with E-state index >= 15 is 0 Å². The molecule has 0 heterocycles. The van der Waals surface area contributed by atoms with E-state index in [2.05, 4.69) is 17.6 Å². The molecule has 29 heavy (non-hydrogen) atoms. The van der Waals surface area contributed by atoms with Gasteiger partial charge < -0.3 is 24.8 Å². The molecule has 2 N–H and O–H groups in total. The SMILES string of the molecule is CCc1ccc(NC(=O)C2(C(=O)Nc3cc(OC)c(OC)c(OC)c3)CC2)cc1. The minimum Gasteiger partial charge on any atom is -0.493 e. The van der Waals surface area contributed by atoms with Crippen LogP contribution >= 0.6 is 0 Å². The van der Waals surface area contributed by atoms with Crippen molar-refractivity contribution >= 4 is 23.2 Å². The normalized spacial score (nSPS) is 13.9. The summed E-state index contributed by atoms with van der Waals surface area (Å²) in [6.45, 7) is 2.07. The summed E-state index contributed by atoms with van der Waals surface area (Å²) in [4.78, 5) is 25.7. The molecule has 0 aliphatic heterocycles. The lowest BCUT2D eigenvalue weighted by Crippen LogP contribution is -2.35. The molecular formula is C22H26N2O5. The number of ether oxygens (including phenoxy) is 3. The summed E-state index contributed by atoms with van der Waals surface area (Å²) in [6, 6.07) is 10.9. The number of carbonyl (C=O) groups is 2. The molecule has 3 rings (SSSR count). The molecule has 7 heteroatoms. The number of carbonyl (C=O) groups excluding carboxylic acids is 2. The topological polar surface area (TPSA) is 85.9 Å². The van der Waals surface area contributed by atoms with E-state index in [9.17, 15) is 9.59 Å². The van der Waals surface area contributed by atoms with Crippen molar-refractivity contribution in [2.75, 3.05) is 32.0 Å². The highest BCUT2D eigenvalue weighted by molar-refractivity contribution is 6.17. The van der Waals surface area contributed by atoms with Gasteiger partial charge in [0.2, 0.25) is 17.6 Å². The van der Waals surface area contributed by atoms with Crippen molar-refractivity contribution in [3.8, 4) is 17.2 Å². The number of anilines is 2. The molecule has 154 valence electrons. The first kappa shape index (κ1) is 20.5. The van der Waals surface area contributed by atoms with Gasteiger partial charge >= 0.3 is 0 Å². The molecule has 0 radical (unpaired) electrons. The fourth-order valence-corrected chi connectivity index (χ4v) is 3.16. The zero-order valence-electron chi connectivity index (χ0n) is 17.1. The Kier molecular flexibility index (Phi) is 5.96. The number of hydrogen-bond acceptors (Lipinski definition) is 5. The molecule has 2 aromatic rings. The Morgan fingerprint density at radius 2 is 1.38 bits per heavy atom. The maximum Gasteiger partial charge on any atom is 0.240 e. The third kappa shape index (κ3) is 4.13. The van der Waals surface area contributed by atoms with Crippen LogP contribution < -0.4 is 24.8 Å². The average molecular weight is 398 g/mol. The summed E-state index contributed by atoms with van der Waals surface area (Å²) in [5.74, 6) is 0.628. The van der Waals surface area contributed by atoms with Crippen LogP contribution in [0.15, 0.2) is 36.4 Å². The quantitative estimate of drug-likeness (QED) is 0.663. The highest BCUT2D eigenvalue weighted by Crippen LogP contribution is 2.48. The van der Waals surface area contributed by atoms with Gasteiger partial charge in [-0.3, -0.25) is 9.59 Å². The fourth-order valence-electron chi connectivity index (χ4n) is 3.16. The number of amides is 2. The van der Waals surface area contributed by atoms with E-state index in [0.29, 0.717) is 41.5 Å². The van der Waals surface area contributed by atoms with Gasteiger partial charge in [-0.05, 0) is 37.0 Å². The second-order valence-corrected chi connectivity index (χ2v) is 6.95. The standard InChI is InChI=1S/C22H26N2O5/c1-5-14-6-8-15(9-7-14)23-20(25)22(10-11-22)21(26)24-16-12-17(27-2)19(29-4)18(13-16)28-3/h6-9,12-13H,5,10-11H2,1-4H3,(H,23,25)(H,24,26). The molecule has 1 fully saturated rings. The Bertz CT molecular complexity index is 879. The van der Waals surface area contributed by atoms with Gasteiger partial charge in [0.25, 0.3) is 0 Å². The molecule has 1 aliphatic carbocycles. The predicted octanol–water partition coefficient (Wildman–Crippen LogP) is 3.63. The minimum absolute atomic E-state index is 0.299. The number of methoxy groups -OCH3 is 3. The number of rotatable bonds is 8. The molecule has 2 aromatic carbocycles. The third-order valence-corrected chi connectivity index (χ3v) is 5.16. The summed E-state index contributed by atoms with van der Waals surface area (Å²) < 4.78 is 15.9. The van der Waals surface area contributed by atoms with Crippen molar-refractivity contribution in [2.45, 2.75) is 26.2 Å². The van der Waals surface area contributed by atoms with E-state index < -0.39 is 5.41 Å². The average Bonchev–Trinajstić information content (AvgIpc) is 3.55. The summed E-state index contributed by atoms with van der Waals surface area (Å²) in [6.07, 6.45) is 1.93. The first-order valence-electron chi connectivity index (χ1n) is 9.49. The molecule has 7 nitrogen and oxygen atoms in total. The Hall–Kier alpha value is -3.22. The van der Waals surface area contributed by atoms with Gasteiger partial charge in [0, 0.05) is 23.5 Å². The van der Waals surface area contributed by atoms with Crippen LogP contribution in [0.4, 0.5) is 11.4 Å². The molecule has 0 unspecified atom stereocenters. The van der Waals surface area contributed by atoms with E-state index in [0.717, 1.165) is 6.42 Å². The molecule has 0 spiro atoms. The summed E-state index contributed by atoms with van der Waals surface area (Å²) in [5.41, 5.74) is 1.27. The fraction of sp³-hybridized carbons (Fsp3) is 0.364. The van der Waals surface area contributed by atoms with Crippen LogP contribution in [0.2, 0.25) is 0 Å². The summed E-state index contributed by atoms with van der Waals surface area (Å²) in [7, 11) is 4.51. The van der Waals surface area contributed by atoms with E-state index in [4.69, 9.17) is 14.2 Å². The van der Waals surface area contributed by atoms with Crippen LogP contribution in [0.3, 0.4) is 0 Å². The Labute approximate surface area is 170 Å². The van der Waals surface area contributed by atoms with Crippen LogP contribution in [0.25, 0.3) is 0 Å². The van der Waals surface area contributed by atoms with E-state index in [1.807, 2.05) is 24.3 Å². The highest BCUT2D eigenvalue weighted by Gasteiger charge is 2.56. The molecule has 0 aromatic heterocycles. The monoisotopic (exact) mass is 398 g/mol. The number of aryl methyl sites for hydroxylation is 1. The van der Waals surface area contributed by atoms with Crippen molar-refractivity contribution in [3.63, 3.8) is 0 Å². The molecule has 0 atom stereocenters. The van der Waals surface area contributed by atoms with Crippen LogP contribution in [-0.2, 0) is 16.0 Å². The largest absolute Gasteiger partial charge is 0.493 e. The van der Waals surface area contributed by atoms with Crippen molar-refractivity contribution in [1.29, 1.82) is 0 Å². The highest BCUT2D eigenvalue weighted by atomic mass is 16.5. The van der Waals surface area contributed by atoms with Crippen LogP contribution in [0.1, 0.15) is 25.3 Å². The Balaban J connectivity index is 1.75. The zero-order chi connectivity index (χ0) is 21.0. The lowest BCUT2D eigenvalue weighted by molar-refractivity contribution is -0.131. The summed E-state index contributed by atoms with van der Waals surface area (Å²) in [5, 5.41) is 5.67. The molecule has 0 saturated heterocycles. The first-order chi connectivity index (χ1) is 14.0. The lowest BCUT2D eigenvalue weighted by atomic mass is 10.0. The smallest absolute Gasteiger partial charge is 0.240 e. The van der Waals surface area contributed by atoms with E-state index in [1.54, 1.807) is 12.1 Å². The van der Waals surface area contributed by atoms with Crippen LogP contribution in [0.5, 0.6) is 17.2 Å². The van der Waals surface area contributed by atoms with Gasteiger partial charge in [-0.15, -0.1) is 0 Å². The first-order valence-corrected chi connectivity index (χ1v) is 9.49. The van der Waals surface area contributed by atoms with Gasteiger partial charge in [-0.25, -0.2) is 0 Å². The summed E-state index contributed by atoms with van der Waals surface area (Å²) >= 11 is 0. The zero-order valence-corrected chi connectivity index (χ0v) is 17.1. The molecule has 0 bridgehead atoms. The third-order valence-electron chi connectivity index (χ3n) is 5.16. The second kappa shape index (κ2) is 8.43. The van der Waals surface area contributed by atoms with E-state index in [1.165, 1.54) is 26.9 Å². The van der Waals surface area contributed by atoms with Crippen molar-refractivity contribution < 1.29 is 23.8 Å². The van der Waals surface area contributed by atoms with E-state index in [-0.39, 0.29) is 11.8 Å².